The summed E-state index contributed by atoms with van der Waals surface area (Å²) in [5, 5.41) is 2.31. The molecular formula is C27H36O4Si. The van der Waals surface area contributed by atoms with Crippen LogP contribution in [0.15, 0.2) is 73.3 Å². The van der Waals surface area contributed by atoms with Crippen LogP contribution in [0.4, 0.5) is 0 Å². The number of carbonyl (C=O) groups excluding carboxylic acids is 1. The molecule has 1 unspecified atom stereocenters. The molecule has 0 bridgehead atoms. The number of rotatable bonds is 8. The van der Waals surface area contributed by atoms with Gasteiger partial charge in [-0.3, -0.25) is 4.79 Å². The van der Waals surface area contributed by atoms with E-state index in [1.165, 1.54) is 17.3 Å². The predicted octanol–water partition coefficient (Wildman–Crippen LogP) is 4.47. The Labute approximate surface area is 193 Å². The highest BCUT2D eigenvalue weighted by molar-refractivity contribution is 6.99. The van der Waals surface area contributed by atoms with Gasteiger partial charge in [0, 0.05) is 12.8 Å². The molecule has 2 aromatic carbocycles. The highest BCUT2D eigenvalue weighted by atomic mass is 28.4. The molecule has 0 N–H and O–H groups in total. The summed E-state index contributed by atoms with van der Waals surface area (Å²) in [7, 11) is -2.69. The van der Waals surface area contributed by atoms with Crippen molar-refractivity contribution in [3.63, 3.8) is 0 Å². The molecule has 4 atom stereocenters. The molecule has 2 aromatic rings. The molecule has 32 heavy (non-hydrogen) atoms. The van der Waals surface area contributed by atoms with E-state index in [4.69, 9.17) is 13.9 Å². The van der Waals surface area contributed by atoms with E-state index in [0.29, 0.717) is 13.0 Å². The summed E-state index contributed by atoms with van der Waals surface area (Å²) in [6.45, 7) is 14.5. The van der Waals surface area contributed by atoms with E-state index in [0.717, 1.165) is 0 Å². The number of hydrogen-bond acceptors (Lipinski definition) is 4. The van der Waals surface area contributed by atoms with Crippen LogP contribution in [-0.2, 0) is 18.7 Å². The van der Waals surface area contributed by atoms with E-state index in [9.17, 15) is 4.79 Å². The molecule has 0 aromatic heterocycles. The van der Waals surface area contributed by atoms with Gasteiger partial charge in [0.1, 0.15) is 12.2 Å². The average molecular weight is 453 g/mol. The summed E-state index contributed by atoms with van der Waals surface area (Å²) in [5.41, 5.74) is 0. The van der Waals surface area contributed by atoms with Crippen LogP contribution in [0.2, 0.25) is 5.04 Å². The lowest BCUT2D eigenvalue weighted by Gasteiger charge is -2.43. The summed E-state index contributed by atoms with van der Waals surface area (Å²) in [5.74, 6) is -0.218. The Hall–Kier alpha value is -2.21. The molecule has 0 spiro atoms. The first kappa shape index (κ1) is 24.4. The maximum absolute atomic E-state index is 11.8. The third-order valence-electron chi connectivity index (χ3n) is 6.40. The Morgan fingerprint density at radius 3 is 2.00 bits per heavy atom. The predicted molar refractivity (Wildman–Crippen MR) is 132 cm³/mol. The van der Waals surface area contributed by atoms with Crippen LogP contribution < -0.4 is 10.4 Å². The van der Waals surface area contributed by atoms with Crippen molar-refractivity contribution >= 4 is 24.7 Å². The van der Waals surface area contributed by atoms with Crippen LogP contribution in [0.3, 0.4) is 0 Å². The van der Waals surface area contributed by atoms with Crippen molar-refractivity contribution in [3.05, 3.63) is 73.3 Å². The van der Waals surface area contributed by atoms with E-state index < -0.39 is 8.32 Å². The SMILES string of the molecule is C=CCC1O[C@@H](CO[Si](c2ccccc2)(c2ccccc2)C(C)(C)C)[C@H](OC(C)=O)[C@H]1C. The summed E-state index contributed by atoms with van der Waals surface area (Å²) >= 11 is 0. The molecule has 5 heteroatoms. The van der Waals surface area contributed by atoms with Crippen LogP contribution in [0.25, 0.3) is 0 Å². The highest BCUT2D eigenvalue weighted by Crippen LogP contribution is 2.38. The zero-order valence-electron chi connectivity index (χ0n) is 19.9. The number of carbonyl (C=O) groups is 1. The number of ether oxygens (including phenoxy) is 2. The topological polar surface area (TPSA) is 44.8 Å². The molecule has 1 saturated heterocycles. The van der Waals surface area contributed by atoms with E-state index in [-0.39, 0.29) is 35.2 Å². The van der Waals surface area contributed by atoms with Gasteiger partial charge in [0.15, 0.2) is 0 Å². The maximum Gasteiger partial charge on any atom is 0.303 e. The van der Waals surface area contributed by atoms with Gasteiger partial charge < -0.3 is 13.9 Å². The number of hydrogen-bond donors (Lipinski definition) is 0. The lowest BCUT2D eigenvalue weighted by molar-refractivity contribution is -0.151. The Morgan fingerprint density at radius 1 is 1.03 bits per heavy atom. The molecule has 1 heterocycles. The second-order valence-electron chi connectivity index (χ2n) is 9.64. The summed E-state index contributed by atoms with van der Waals surface area (Å²) < 4.78 is 19.1. The zero-order valence-corrected chi connectivity index (χ0v) is 20.9. The molecule has 0 saturated carbocycles. The van der Waals surface area contributed by atoms with Crippen molar-refractivity contribution in [1.29, 1.82) is 0 Å². The van der Waals surface area contributed by atoms with Crippen molar-refractivity contribution < 1.29 is 18.7 Å². The molecule has 0 radical (unpaired) electrons. The minimum atomic E-state index is -2.69. The van der Waals surface area contributed by atoms with Gasteiger partial charge in [-0.1, -0.05) is 94.4 Å². The lowest BCUT2D eigenvalue weighted by Crippen LogP contribution is -2.67. The largest absolute Gasteiger partial charge is 0.459 e. The first-order valence-electron chi connectivity index (χ1n) is 11.4. The van der Waals surface area contributed by atoms with Gasteiger partial charge in [0.25, 0.3) is 8.32 Å². The normalized spacial score (nSPS) is 23.7. The average Bonchev–Trinajstić information content (AvgIpc) is 3.04. The third kappa shape index (κ3) is 4.90. The van der Waals surface area contributed by atoms with Crippen LogP contribution in [0, 0.1) is 5.92 Å². The van der Waals surface area contributed by atoms with E-state index in [1.807, 2.05) is 18.2 Å². The van der Waals surface area contributed by atoms with E-state index >= 15 is 0 Å². The van der Waals surface area contributed by atoms with E-state index in [1.54, 1.807) is 0 Å². The van der Waals surface area contributed by atoms with Gasteiger partial charge in [-0.2, -0.15) is 0 Å². The minimum Gasteiger partial charge on any atom is -0.459 e. The first-order valence-corrected chi connectivity index (χ1v) is 13.3. The molecule has 1 aliphatic rings. The fraction of sp³-hybridized carbons (Fsp3) is 0.444. The van der Waals surface area contributed by atoms with Crippen molar-refractivity contribution in [2.45, 2.75) is 64.4 Å². The molecule has 0 amide bonds. The second kappa shape index (κ2) is 10.2. The molecule has 1 fully saturated rings. The van der Waals surface area contributed by atoms with Crippen LogP contribution in [0.5, 0.6) is 0 Å². The molecule has 4 nitrogen and oxygen atoms in total. The standard InChI is InChI=1S/C27H36O4Si/c1-7-14-24-20(2)26(30-21(3)28)25(31-24)19-29-32(27(4,5)6,22-15-10-8-11-16-22)23-17-12-9-13-18-23/h7-13,15-18,20,24-26H,1,14,19H2,2-6H3/t20-,24?,25-,26+/m0/s1. The second-order valence-corrected chi connectivity index (χ2v) is 14.0. The third-order valence-corrected chi connectivity index (χ3v) is 11.4. The van der Waals surface area contributed by atoms with Crippen LogP contribution in [0.1, 0.15) is 41.0 Å². The molecule has 1 aliphatic heterocycles. The molecule has 3 rings (SSSR count). The van der Waals surface area contributed by atoms with Crippen molar-refractivity contribution in [2.75, 3.05) is 6.61 Å². The van der Waals surface area contributed by atoms with Crippen molar-refractivity contribution in [1.82, 2.24) is 0 Å². The first-order chi connectivity index (χ1) is 15.2. The van der Waals surface area contributed by atoms with Gasteiger partial charge in [-0.25, -0.2) is 0 Å². The van der Waals surface area contributed by atoms with Gasteiger partial charge in [-0.05, 0) is 21.8 Å². The number of benzene rings is 2. The lowest BCUT2D eigenvalue weighted by atomic mass is 9.96. The van der Waals surface area contributed by atoms with Gasteiger partial charge in [-0.15, -0.1) is 6.58 Å². The highest BCUT2D eigenvalue weighted by Gasteiger charge is 2.52. The molecule has 0 aliphatic carbocycles. The Morgan fingerprint density at radius 2 is 1.56 bits per heavy atom. The van der Waals surface area contributed by atoms with Gasteiger partial charge >= 0.3 is 5.97 Å². The smallest absolute Gasteiger partial charge is 0.303 e. The summed E-state index contributed by atoms with van der Waals surface area (Å²) in [6, 6.07) is 21.1. The Bertz CT molecular complexity index is 851. The monoisotopic (exact) mass is 452 g/mol. The Balaban J connectivity index is 2.00. The van der Waals surface area contributed by atoms with Crippen LogP contribution in [-0.4, -0.2) is 39.2 Å². The zero-order chi connectivity index (χ0) is 23.4. The minimum absolute atomic E-state index is 0.0374. The number of esters is 1. The van der Waals surface area contributed by atoms with Crippen LogP contribution >= 0.6 is 0 Å². The Kier molecular flexibility index (Phi) is 7.75. The van der Waals surface area contributed by atoms with Crippen molar-refractivity contribution in [3.8, 4) is 0 Å². The summed E-state index contributed by atoms with van der Waals surface area (Å²) in [6.07, 6.45) is 1.88. The van der Waals surface area contributed by atoms with Crippen molar-refractivity contribution in [2.24, 2.45) is 5.92 Å². The quantitative estimate of drug-likeness (QED) is 0.337. The molecule has 172 valence electrons. The molecular weight excluding hydrogens is 416 g/mol. The van der Waals surface area contributed by atoms with Gasteiger partial charge in [0.05, 0.1) is 12.7 Å². The fourth-order valence-corrected chi connectivity index (χ4v) is 9.46. The van der Waals surface area contributed by atoms with E-state index in [2.05, 4.69) is 82.8 Å². The maximum atomic E-state index is 11.8. The summed E-state index contributed by atoms with van der Waals surface area (Å²) in [4.78, 5) is 11.8. The van der Waals surface area contributed by atoms with Gasteiger partial charge in [0.2, 0.25) is 0 Å². The fourth-order valence-electron chi connectivity index (χ4n) is 4.89.